The van der Waals surface area contributed by atoms with Crippen molar-refractivity contribution >= 4 is 0 Å². The third-order valence-electron chi connectivity index (χ3n) is 3.96. The number of hydrogen-bond acceptors (Lipinski definition) is 3. The Hall–Kier alpha value is -0.120. The summed E-state index contributed by atoms with van der Waals surface area (Å²) in [7, 11) is 0. The first-order chi connectivity index (χ1) is 7.79. The molecule has 3 heteroatoms. The summed E-state index contributed by atoms with van der Waals surface area (Å²) in [4.78, 5) is 0. The molecule has 2 rings (SSSR count). The monoisotopic (exact) mass is 227 g/mol. The van der Waals surface area contributed by atoms with Gasteiger partial charge in [0.2, 0.25) is 0 Å². The normalized spacial score (nSPS) is 36.2. The highest BCUT2D eigenvalue weighted by Gasteiger charge is 2.27. The molecule has 2 N–H and O–H groups in total. The number of hydrogen-bond donors (Lipinski definition) is 2. The van der Waals surface area contributed by atoms with Crippen LogP contribution in [0.2, 0.25) is 0 Å². The average molecular weight is 227 g/mol. The molecular weight excluding hydrogens is 202 g/mol. The van der Waals surface area contributed by atoms with Crippen LogP contribution in [-0.2, 0) is 4.74 Å². The van der Waals surface area contributed by atoms with Crippen molar-refractivity contribution in [3.05, 3.63) is 0 Å². The van der Waals surface area contributed by atoms with E-state index in [0.29, 0.717) is 6.10 Å². The van der Waals surface area contributed by atoms with Gasteiger partial charge in [0.15, 0.2) is 0 Å². The molecule has 0 aromatic carbocycles. The minimum absolute atomic E-state index is 0.401. The third kappa shape index (κ3) is 3.72. The summed E-state index contributed by atoms with van der Waals surface area (Å²) in [6.45, 7) is 2.98. The summed E-state index contributed by atoms with van der Waals surface area (Å²) < 4.78 is 5.61. The first-order valence-electron chi connectivity index (χ1n) is 6.83. The Morgan fingerprint density at radius 2 is 2.19 bits per heavy atom. The van der Waals surface area contributed by atoms with Gasteiger partial charge in [-0.2, -0.15) is 0 Å². The molecule has 2 aliphatic rings. The van der Waals surface area contributed by atoms with Crippen LogP contribution in [0.4, 0.5) is 0 Å². The van der Waals surface area contributed by atoms with E-state index in [1.54, 1.807) is 0 Å². The smallest absolute Gasteiger partial charge is 0.0660 e. The van der Waals surface area contributed by atoms with Crippen molar-refractivity contribution in [2.45, 2.75) is 63.1 Å². The molecule has 2 heterocycles. The van der Waals surface area contributed by atoms with Crippen molar-refractivity contribution in [1.29, 1.82) is 0 Å². The van der Waals surface area contributed by atoms with Gasteiger partial charge in [-0.05, 0) is 64.5 Å². The van der Waals surface area contributed by atoms with Crippen LogP contribution < -0.4 is 5.32 Å². The highest BCUT2D eigenvalue weighted by molar-refractivity contribution is 4.82. The van der Waals surface area contributed by atoms with Crippen molar-refractivity contribution in [1.82, 2.24) is 5.32 Å². The molecule has 0 aromatic heterocycles. The van der Waals surface area contributed by atoms with E-state index in [9.17, 15) is 5.11 Å². The summed E-state index contributed by atoms with van der Waals surface area (Å²) in [5.74, 6) is 0. The zero-order valence-corrected chi connectivity index (χ0v) is 10.2. The molecule has 0 aromatic rings. The number of nitrogens with one attached hydrogen (secondary N) is 1. The lowest BCUT2D eigenvalue weighted by Gasteiger charge is -2.26. The third-order valence-corrected chi connectivity index (χ3v) is 3.96. The molecule has 0 bridgehead atoms. The first kappa shape index (κ1) is 12.3. The van der Waals surface area contributed by atoms with Crippen LogP contribution in [0.3, 0.4) is 0 Å². The van der Waals surface area contributed by atoms with Crippen molar-refractivity contribution in [3.63, 3.8) is 0 Å². The Bertz CT molecular complexity index is 194. The summed E-state index contributed by atoms with van der Waals surface area (Å²) in [6, 6.07) is 0. The maximum Gasteiger partial charge on any atom is 0.0660 e. The molecule has 2 unspecified atom stereocenters. The molecular formula is C13H25NO2. The summed E-state index contributed by atoms with van der Waals surface area (Å²) in [6.07, 6.45) is 9.11. The maximum atomic E-state index is 10.4. The van der Waals surface area contributed by atoms with Crippen LogP contribution >= 0.6 is 0 Å². The molecule has 16 heavy (non-hydrogen) atoms. The van der Waals surface area contributed by atoms with Crippen LogP contribution in [0.25, 0.3) is 0 Å². The zero-order chi connectivity index (χ0) is 11.3. The highest BCUT2D eigenvalue weighted by Crippen LogP contribution is 2.27. The molecule has 2 atom stereocenters. The van der Waals surface area contributed by atoms with Crippen molar-refractivity contribution in [3.8, 4) is 0 Å². The summed E-state index contributed by atoms with van der Waals surface area (Å²) in [5, 5.41) is 13.8. The maximum absolute atomic E-state index is 10.4. The van der Waals surface area contributed by atoms with Crippen molar-refractivity contribution in [2.24, 2.45) is 0 Å². The lowest BCUT2D eigenvalue weighted by atomic mass is 9.88. The molecule has 2 saturated heterocycles. The van der Waals surface area contributed by atoms with E-state index >= 15 is 0 Å². The van der Waals surface area contributed by atoms with Gasteiger partial charge >= 0.3 is 0 Å². The Kier molecular flexibility index (Phi) is 4.62. The van der Waals surface area contributed by atoms with Gasteiger partial charge in [-0.25, -0.2) is 0 Å². The average Bonchev–Trinajstić information content (AvgIpc) is 2.68. The summed E-state index contributed by atoms with van der Waals surface area (Å²) >= 11 is 0. The van der Waals surface area contributed by atoms with Gasteiger partial charge in [0, 0.05) is 6.61 Å². The van der Waals surface area contributed by atoms with Gasteiger partial charge in [0.1, 0.15) is 0 Å². The van der Waals surface area contributed by atoms with E-state index < -0.39 is 5.60 Å². The lowest BCUT2D eigenvalue weighted by molar-refractivity contribution is 0.0124. The molecule has 0 aliphatic carbocycles. The second-order valence-corrected chi connectivity index (χ2v) is 5.36. The van der Waals surface area contributed by atoms with Gasteiger partial charge in [-0.1, -0.05) is 0 Å². The fourth-order valence-electron chi connectivity index (χ4n) is 2.89. The second-order valence-electron chi connectivity index (χ2n) is 5.36. The molecule has 2 fully saturated rings. The van der Waals surface area contributed by atoms with Crippen molar-refractivity contribution < 1.29 is 9.84 Å². The topological polar surface area (TPSA) is 41.5 Å². The predicted octanol–water partition coefficient (Wildman–Crippen LogP) is 1.84. The van der Waals surface area contributed by atoms with Gasteiger partial charge in [-0.3, -0.25) is 0 Å². The molecule has 2 aliphatic heterocycles. The SMILES string of the molecule is OC1(CCCC2CCCO2)CCCNCC1. The van der Waals surface area contributed by atoms with Crippen LogP contribution in [0.1, 0.15) is 51.4 Å². The molecule has 94 valence electrons. The number of rotatable bonds is 4. The fourth-order valence-corrected chi connectivity index (χ4v) is 2.89. The zero-order valence-electron chi connectivity index (χ0n) is 10.2. The van der Waals surface area contributed by atoms with Crippen LogP contribution in [0.15, 0.2) is 0 Å². The first-order valence-corrected chi connectivity index (χ1v) is 6.83. The predicted molar refractivity (Wildman–Crippen MR) is 64.5 cm³/mol. The van der Waals surface area contributed by atoms with E-state index in [2.05, 4.69) is 5.32 Å². The molecule has 3 nitrogen and oxygen atoms in total. The van der Waals surface area contributed by atoms with Gasteiger partial charge in [-0.15, -0.1) is 0 Å². The fraction of sp³-hybridized carbons (Fsp3) is 1.00. The Balaban J connectivity index is 1.66. The van der Waals surface area contributed by atoms with E-state index in [1.807, 2.05) is 0 Å². The van der Waals surface area contributed by atoms with E-state index in [0.717, 1.165) is 58.2 Å². The second kappa shape index (κ2) is 5.99. The van der Waals surface area contributed by atoms with Gasteiger partial charge < -0.3 is 15.2 Å². The number of aliphatic hydroxyl groups is 1. The van der Waals surface area contributed by atoms with Gasteiger partial charge in [0.05, 0.1) is 11.7 Å². The Morgan fingerprint density at radius 1 is 1.25 bits per heavy atom. The Morgan fingerprint density at radius 3 is 3.00 bits per heavy atom. The van der Waals surface area contributed by atoms with Gasteiger partial charge in [0.25, 0.3) is 0 Å². The van der Waals surface area contributed by atoms with E-state index in [4.69, 9.17) is 4.74 Å². The quantitative estimate of drug-likeness (QED) is 0.770. The highest BCUT2D eigenvalue weighted by atomic mass is 16.5. The molecule has 0 spiro atoms. The molecule has 0 radical (unpaired) electrons. The Labute approximate surface area is 98.6 Å². The number of ether oxygens (including phenoxy) is 1. The minimum Gasteiger partial charge on any atom is -0.390 e. The minimum atomic E-state index is -0.401. The molecule has 0 saturated carbocycles. The largest absolute Gasteiger partial charge is 0.390 e. The van der Waals surface area contributed by atoms with Crippen LogP contribution in [-0.4, -0.2) is 36.5 Å². The standard InChI is InChI=1S/C13H25NO2/c15-13(7-3-9-14-10-8-13)6-1-4-12-5-2-11-16-12/h12,14-15H,1-11H2. The van der Waals surface area contributed by atoms with E-state index in [1.165, 1.54) is 12.8 Å². The van der Waals surface area contributed by atoms with Crippen molar-refractivity contribution in [2.75, 3.05) is 19.7 Å². The van der Waals surface area contributed by atoms with Crippen LogP contribution in [0, 0.1) is 0 Å². The summed E-state index contributed by atoms with van der Waals surface area (Å²) in [5.41, 5.74) is -0.401. The van der Waals surface area contributed by atoms with Crippen LogP contribution in [0.5, 0.6) is 0 Å². The van der Waals surface area contributed by atoms with E-state index in [-0.39, 0.29) is 0 Å². The lowest BCUT2D eigenvalue weighted by Crippen LogP contribution is -2.30. The molecule has 0 amide bonds.